The van der Waals surface area contributed by atoms with Crippen molar-refractivity contribution in [1.82, 2.24) is 4.90 Å². The van der Waals surface area contributed by atoms with Crippen molar-refractivity contribution in [3.8, 4) is 11.5 Å². The number of nitrogens with zero attached hydrogens (tertiary/aromatic N) is 1. The number of carbonyl (C=O) groups is 2. The molecule has 6 nitrogen and oxygen atoms in total. The lowest BCUT2D eigenvalue weighted by Crippen LogP contribution is -2.43. The molecule has 3 rings (SSSR count). The molecule has 30 heavy (non-hydrogen) atoms. The maximum Gasteiger partial charge on any atom is 0.417 e. The topological polar surface area (TPSA) is 67.9 Å². The van der Waals surface area contributed by atoms with E-state index >= 15 is 0 Å². The molecule has 1 atom stereocenters. The van der Waals surface area contributed by atoms with E-state index in [0.717, 1.165) is 12.1 Å². The Morgan fingerprint density at radius 3 is 2.30 bits per heavy atom. The van der Waals surface area contributed by atoms with Gasteiger partial charge in [-0.1, -0.05) is 12.1 Å². The second kappa shape index (κ2) is 8.64. The van der Waals surface area contributed by atoms with Gasteiger partial charge in [-0.05, 0) is 25.0 Å². The first kappa shape index (κ1) is 21.5. The van der Waals surface area contributed by atoms with Crippen LogP contribution in [0.2, 0.25) is 0 Å². The highest BCUT2D eigenvalue weighted by Crippen LogP contribution is 2.34. The SMILES string of the molecule is COc1cc(NC(=O)C2CCCN2C(=O)c2ccccc2C(F)(F)F)cc(OC)c1. The van der Waals surface area contributed by atoms with Crippen LogP contribution in [-0.2, 0) is 11.0 Å². The van der Waals surface area contributed by atoms with E-state index in [2.05, 4.69) is 5.32 Å². The lowest BCUT2D eigenvalue weighted by atomic mass is 10.1. The minimum Gasteiger partial charge on any atom is -0.497 e. The highest BCUT2D eigenvalue weighted by atomic mass is 19.4. The van der Waals surface area contributed by atoms with Crippen LogP contribution in [0.4, 0.5) is 18.9 Å². The van der Waals surface area contributed by atoms with Crippen molar-refractivity contribution < 1.29 is 32.2 Å². The Kier molecular flexibility index (Phi) is 6.19. The highest BCUT2D eigenvalue weighted by molar-refractivity contribution is 6.02. The van der Waals surface area contributed by atoms with Crippen molar-refractivity contribution in [2.75, 3.05) is 26.1 Å². The highest BCUT2D eigenvalue weighted by Gasteiger charge is 2.40. The van der Waals surface area contributed by atoms with E-state index in [0.29, 0.717) is 30.0 Å². The molecule has 0 aromatic heterocycles. The maximum atomic E-state index is 13.3. The fourth-order valence-corrected chi connectivity index (χ4v) is 3.46. The summed E-state index contributed by atoms with van der Waals surface area (Å²) in [5, 5.41) is 2.70. The zero-order valence-corrected chi connectivity index (χ0v) is 16.5. The van der Waals surface area contributed by atoms with Crippen molar-refractivity contribution in [3.63, 3.8) is 0 Å². The van der Waals surface area contributed by atoms with Gasteiger partial charge in [-0.3, -0.25) is 9.59 Å². The zero-order chi connectivity index (χ0) is 21.9. The van der Waals surface area contributed by atoms with Gasteiger partial charge >= 0.3 is 6.18 Å². The Morgan fingerprint density at radius 1 is 1.07 bits per heavy atom. The molecule has 0 saturated carbocycles. The predicted molar refractivity (Wildman–Crippen MR) is 104 cm³/mol. The summed E-state index contributed by atoms with van der Waals surface area (Å²) in [5.74, 6) is -0.379. The van der Waals surface area contributed by atoms with Gasteiger partial charge in [-0.15, -0.1) is 0 Å². The Morgan fingerprint density at radius 2 is 1.70 bits per heavy atom. The molecule has 0 bridgehead atoms. The second-order valence-corrected chi connectivity index (χ2v) is 6.79. The van der Waals surface area contributed by atoms with Gasteiger partial charge in [0.1, 0.15) is 17.5 Å². The Bertz CT molecular complexity index is 924. The van der Waals surface area contributed by atoms with Gasteiger partial charge in [-0.25, -0.2) is 0 Å². The minimum absolute atomic E-state index is 0.199. The van der Waals surface area contributed by atoms with Gasteiger partial charge in [0, 0.05) is 30.4 Å². The normalized spacial score (nSPS) is 16.3. The van der Waals surface area contributed by atoms with Crippen molar-refractivity contribution in [3.05, 3.63) is 53.6 Å². The number of alkyl halides is 3. The van der Waals surface area contributed by atoms with E-state index in [1.807, 2.05) is 0 Å². The van der Waals surface area contributed by atoms with Crippen LogP contribution in [0.3, 0.4) is 0 Å². The van der Waals surface area contributed by atoms with Gasteiger partial charge < -0.3 is 19.7 Å². The number of nitrogens with one attached hydrogen (secondary N) is 1. The van der Waals surface area contributed by atoms with Crippen LogP contribution in [0.5, 0.6) is 11.5 Å². The first-order valence-electron chi connectivity index (χ1n) is 9.25. The summed E-state index contributed by atoms with van der Waals surface area (Å²) >= 11 is 0. The fraction of sp³-hybridized carbons (Fsp3) is 0.333. The lowest BCUT2D eigenvalue weighted by Gasteiger charge is -2.25. The molecule has 0 spiro atoms. The molecule has 1 saturated heterocycles. The third kappa shape index (κ3) is 4.50. The van der Waals surface area contributed by atoms with E-state index in [4.69, 9.17) is 9.47 Å². The summed E-state index contributed by atoms with van der Waals surface area (Å²) in [7, 11) is 2.94. The lowest BCUT2D eigenvalue weighted by molar-refractivity contribution is -0.138. The molecular formula is C21H21F3N2O4. The molecule has 1 aliphatic heterocycles. The van der Waals surface area contributed by atoms with Crippen LogP contribution in [0.25, 0.3) is 0 Å². The second-order valence-electron chi connectivity index (χ2n) is 6.79. The van der Waals surface area contributed by atoms with Crippen molar-refractivity contribution in [2.45, 2.75) is 25.1 Å². The first-order chi connectivity index (χ1) is 14.2. The predicted octanol–water partition coefficient (Wildman–Crippen LogP) is 3.97. The average Bonchev–Trinajstić information content (AvgIpc) is 3.22. The zero-order valence-electron chi connectivity index (χ0n) is 16.5. The number of ether oxygens (including phenoxy) is 2. The smallest absolute Gasteiger partial charge is 0.417 e. The maximum absolute atomic E-state index is 13.3. The van der Waals surface area contributed by atoms with Crippen molar-refractivity contribution in [1.29, 1.82) is 0 Å². The van der Waals surface area contributed by atoms with Crippen LogP contribution >= 0.6 is 0 Å². The molecule has 1 fully saturated rings. The molecule has 2 aromatic rings. The number of halogens is 3. The molecule has 2 amide bonds. The largest absolute Gasteiger partial charge is 0.497 e. The first-order valence-corrected chi connectivity index (χ1v) is 9.25. The van der Waals surface area contributed by atoms with E-state index in [-0.39, 0.29) is 6.54 Å². The number of methoxy groups -OCH3 is 2. The minimum atomic E-state index is -4.67. The molecule has 1 heterocycles. The third-order valence-corrected chi connectivity index (χ3v) is 4.90. The third-order valence-electron chi connectivity index (χ3n) is 4.90. The van der Waals surface area contributed by atoms with Gasteiger partial charge in [0.15, 0.2) is 0 Å². The number of anilines is 1. The monoisotopic (exact) mass is 422 g/mol. The van der Waals surface area contributed by atoms with E-state index < -0.39 is 35.2 Å². The summed E-state index contributed by atoms with van der Waals surface area (Å²) in [4.78, 5) is 26.9. The molecule has 1 aliphatic rings. The van der Waals surface area contributed by atoms with E-state index in [9.17, 15) is 22.8 Å². The molecular weight excluding hydrogens is 401 g/mol. The Hall–Kier alpha value is -3.23. The molecule has 9 heteroatoms. The summed E-state index contributed by atoms with van der Waals surface area (Å²) < 4.78 is 50.3. The number of hydrogen-bond acceptors (Lipinski definition) is 4. The van der Waals surface area contributed by atoms with Gasteiger partial charge in [-0.2, -0.15) is 13.2 Å². The van der Waals surface area contributed by atoms with E-state index in [1.165, 1.54) is 31.3 Å². The summed E-state index contributed by atoms with van der Waals surface area (Å²) in [6.07, 6.45) is -3.80. The van der Waals surface area contributed by atoms with Crippen LogP contribution in [0.15, 0.2) is 42.5 Å². The molecule has 1 N–H and O–H groups in total. The van der Waals surface area contributed by atoms with Crippen molar-refractivity contribution >= 4 is 17.5 Å². The van der Waals surface area contributed by atoms with Crippen LogP contribution in [0.1, 0.15) is 28.8 Å². The quantitative estimate of drug-likeness (QED) is 0.792. The van der Waals surface area contributed by atoms with Crippen LogP contribution < -0.4 is 14.8 Å². The Labute approximate surface area is 171 Å². The molecule has 1 unspecified atom stereocenters. The number of rotatable bonds is 5. The molecule has 2 aromatic carbocycles. The summed E-state index contributed by atoms with van der Waals surface area (Å²) in [6.45, 7) is 0.199. The average molecular weight is 422 g/mol. The molecule has 0 radical (unpaired) electrons. The standard InChI is InChI=1S/C21H21F3N2O4/c1-29-14-10-13(11-15(12-14)30-2)25-19(27)18-8-5-9-26(18)20(28)16-6-3-4-7-17(16)21(22,23)24/h3-4,6-7,10-12,18H,5,8-9H2,1-2H3,(H,25,27). The summed E-state index contributed by atoms with van der Waals surface area (Å²) in [5.41, 5.74) is -1.09. The van der Waals surface area contributed by atoms with Crippen LogP contribution in [-0.4, -0.2) is 43.5 Å². The molecule has 160 valence electrons. The fourth-order valence-electron chi connectivity index (χ4n) is 3.46. The number of carbonyl (C=O) groups excluding carboxylic acids is 2. The van der Waals surface area contributed by atoms with Gasteiger partial charge in [0.2, 0.25) is 5.91 Å². The Balaban J connectivity index is 1.83. The summed E-state index contributed by atoms with van der Waals surface area (Å²) in [6, 6.07) is 8.51. The van der Waals surface area contributed by atoms with Crippen molar-refractivity contribution in [2.24, 2.45) is 0 Å². The number of hydrogen-bond donors (Lipinski definition) is 1. The van der Waals surface area contributed by atoms with Crippen LogP contribution in [0, 0.1) is 0 Å². The van der Waals surface area contributed by atoms with Gasteiger partial charge in [0.25, 0.3) is 5.91 Å². The van der Waals surface area contributed by atoms with Gasteiger partial charge in [0.05, 0.1) is 25.3 Å². The number of benzene rings is 2. The number of amides is 2. The number of likely N-dealkylation sites (tertiary alicyclic amines) is 1. The molecule has 0 aliphatic carbocycles. The van der Waals surface area contributed by atoms with E-state index in [1.54, 1.807) is 18.2 Å².